The summed E-state index contributed by atoms with van der Waals surface area (Å²) < 4.78 is 26.4. The fraction of sp³-hybridized carbons (Fsp3) is 0.381. The van der Waals surface area contributed by atoms with Crippen LogP contribution in [-0.4, -0.2) is 63.3 Å². The molecule has 31 heavy (non-hydrogen) atoms. The van der Waals surface area contributed by atoms with Crippen LogP contribution in [0, 0.1) is 0 Å². The standard InChI is InChI=1S/C21H24N6O3S/c1-31(29,30)18-15-23-21(17-5-2-3-9-22-17)25-20(18)16-6-12-26(13-7-16)19(28)8-14-27-11-4-10-24-27/h2-5,9-11,15-16H,6-8,12-14H2,1H3. The van der Waals surface area contributed by atoms with Crippen LogP contribution in [0.15, 0.2) is 53.9 Å². The van der Waals surface area contributed by atoms with Crippen molar-refractivity contribution in [1.29, 1.82) is 0 Å². The van der Waals surface area contributed by atoms with Gasteiger partial charge in [-0.25, -0.2) is 18.4 Å². The van der Waals surface area contributed by atoms with E-state index in [0.29, 0.717) is 56.1 Å². The van der Waals surface area contributed by atoms with E-state index in [0.717, 1.165) is 0 Å². The highest BCUT2D eigenvalue weighted by Gasteiger charge is 2.29. The molecule has 1 aliphatic rings. The molecular formula is C21H24N6O3S. The van der Waals surface area contributed by atoms with E-state index in [-0.39, 0.29) is 16.7 Å². The van der Waals surface area contributed by atoms with E-state index < -0.39 is 9.84 Å². The third-order valence-electron chi connectivity index (χ3n) is 5.42. The number of sulfone groups is 1. The fourth-order valence-electron chi connectivity index (χ4n) is 3.78. The lowest BCUT2D eigenvalue weighted by Gasteiger charge is -2.32. The van der Waals surface area contributed by atoms with E-state index >= 15 is 0 Å². The molecule has 10 heteroatoms. The van der Waals surface area contributed by atoms with Gasteiger partial charge < -0.3 is 4.90 Å². The molecule has 4 heterocycles. The molecule has 1 amide bonds. The highest BCUT2D eigenvalue weighted by molar-refractivity contribution is 7.90. The first-order valence-electron chi connectivity index (χ1n) is 10.2. The molecule has 9 nitrogen and oxygen atoms in total. The predicted molar refractivity (Wildman–Crippen MR) is 114 cm³/mol. The van der Waals surface area contributed by atoms with E-state index in [1.54, 1.807) is 29.2 Å². The number of rotatable bonds is 6. The normalized spacial score (nSPS) is 15.2. The van der Waals surface area contributed by atoms with E-state index in [1.165, 1.54) is 12.5 Å². The van der Waals surface area contributed by atoms with Crippen molar-refractivity contribution in [1.82, 2.24) is 29.6 Å². The number of aromatic nitrogens is 5. The monoisotopic (exact) mass is 440 g/mol. The predicted octanol–water partition coefficient (Wildman–Crippen LogP) is 1.93. The molecule has 0 bridgehead atoms. The van der Waals surface area contributed by atoms with Gasteiger partial charge in [0.15, 0.2) is 15.7 Å². The van der Waals surface area contributed by atoms with E-state index in [9.17, 15) is 13.2 Å². The molecule has 0 unspecified atom stereocenters. The van der Waals surface area contributed by atoms with Gasteiger partial charge in [0.1, 0.15) is 10.6 Å². The number of carbonyl (C=O) groups is 1. The van der Waals surface area contributed by atoms with Gasteiger partial charge in [-0.2, -0.15) is 5.10 Å². The Kier molecular flexibility index (Phi) is 6.08. The number of carbonyl (C=O) groups excluding carboxylic acids is 1. The number of hydrogen-bond acceptors (Lipinski definition) is 7. The minimum absolute atomic E-state index is 0.0645. The van der Waals surface area contributed by atoms with Gasteiger partial charge in [0, 0.05) is 63.0 Å². The Morgan fingerprint density at radius 2 is 1.94 bits per heavy atom. The molecule has 162 valence electrons. The average Bonchev–Trinajstić information content (AvgIpc) is 3.31. The Hall–Kier alpha value is -3.14. The largest absolute Gasteiger partial charge is 0.343 e. The maximum absolute atomic E-state index is 12.6. The highest BCUT2D eigenvalue weighted by atomic mass is 32.2. The van der Waals surface area contributed by atoms with Crippen molar-refractivity contribution in [3.05, 3.63) is 54.7 Å². The summed E-state index contributed by atoms with van der Waals surface area (Å²) in [6.45, 7) is 1.67. The van der Waals surface area contributed by atoms with Gasteiger partial charge in [0.2, 0.25) is 5.91 Å². The lowest BCUT2D eigenvalue weighted by Crippen LogP contribution is -2.38. The van der Waals surface area contributed by atoms with E-state index in [1.807, 2.05) is 23.2 Å². The summed E-state index contributed by atoms with van der Waals surface area (Å²) in [6, 6.07) is 7.26. The zero-order valence-electron chi connectivity index (χ0n) is 17.3. The van der Waals surface area contributed by atoms with Crippen LogP contribution in [0.5, 0.6) is 0 Å². The van der Waals surface area contributed by atoms with Crippen molar-refractivity contribution in [2.24, 2.45) is 0 Å². The number of likely N-dealkylation sites (tertiary alicyclic amines) is 1. The van der Waals surface area contributed by atoms with Gasteiger partial charge in [0.25, 0.3) is 0 Å². The zero-order valence-corrected chi connectivity index (χ0v) is 18.1. The molecule has 4 rings (SSSR count). The number of hydrogen-bond donors (Lipinski definition) is 0. The van der Waals surface area contributed by atoms with Crippen molar-refractivity contribution < 1.29 is 13.2 Å². The van der Waals surface area contributed by atoms with Crippen LogP contribution in [0.25, 0.3) is 11.5 Å². The summed E-state index contributed by atoms with van der Waals surface area (Å²) in [7, 11) is -3.48. The lowest BCUT2D eigenvalue weighted by atomic mass is 9.93. The van der Waals surface area contributed by atoms with Gasteiger partial charge in [-0.15, -0.1) is 0 Å². The SMILES string of the molecule is CS(=O)(=O)c1cnc(-c2ccccn2)nc1C1CCN(C(=O)CCn2cccn2)CC1. The summed E-state index contributed by atoms with van der Waals surface area (Å²) >= 11 is 0. The third-order valence-corrected chi connectivity index (χ3v) is 6.54. The van der Waals surface area contributed by atoms with Crippen molar-refractivity contribution in [2.75, 3.05) is 19.3 Å². The lowest BCUT2D eigenvalue weighted by molar-refractivity contribution is -0.132. The van der Waals surface area contributed by atoms with Crippen LogP contribution in [0.1, 0.15) is 30.9 Å². The number of amides is 1. The maximum atomic E-state index is 12.6. The molecule has 1 fully saturated rings. The van der Waals surface area contributed by atoms with Crippen LogP contribution >= 0.6 is 0 Å². The molecule has 3 aromatic heterocycles. The fourth-order valence-corrected chi connectivity index (χ4v) is 4.62. The Bertz CT molecular complexity index is 1140. The van der Waals surface area contributed by atoms with Crippen molar-refractivity contribution >= 4 is 15.7 Å². The Morgan fingerprint density at radius 3 is 2.58 bits per heavy atom. The molecule has 3 aromatic rings. The molecule has 1 aliphatic heterocycles. The van der Waals surface area contributed by atoms with Crippen LogP contribution < -0.4 is 0 Å². The number of piperidine rings is 1. The van der Waals surface area contributed by atoms with Gasteiger partial charge in [-0.1, -0.05) is 6.07 Å². The minimum Gasteiger partial charge on any atom is -0.343 e. The minimum atomic E-state index is -3.48. The van der Waals surface area contributed by atoms with Gasteiger partial charge >= 0.3 is 0 Å². The van der Waals surface area contributed by atoms with Crippen LogP contribution in [-0.2, 0) is 21.2 Å². The average molecular weight is 441 g/mol. The first-order chi connectivity index (χ1) is 14.9. The molecular weight excluding hydrogens is 416 g/mol. The molecule has 0 saturated carbocycles. The summed E-state index contributed by atoms with van der Waals surface area (Å²) in [5.41, 5.74) is 1.11. The topological polar surface area (TPSA) is 111 Å². The molecule has 0 aliphatic carbocycles. The second kappa shape index (κ2) is 8.93. The molecule has 0 radical (unpaired) electrons. The van der Waals surface area contributed by atoms with Gasteiger partial charge in [-0.3, -0.25) is 14.5 Å². The number of nitrogens with zero attached hydrogens (tertiary/aromatic N) is 6. The Morgan fingerprint density at radius 1 is 1.13 bits per heavy atom. The van der Waals surface area contributed by atoms with Gasteiger partial charge in [-0.05, 0) is 31.0 Å². The number of pyridine rings is 1. The molecule has 0 spiro atoms. The van der Waals surface area contributed by atoms with Gasteiger partial charge in [0.05, 0.1) is 5.69 Å². The zero-order chi connectivity index (χ0) is 21.8. The molecule has 0 atom stereocenters. The second-order valence-corrected chi connectivity index (χ2v) is 9.59. The molecule has 0 aromatic carbocycles. The molecule has 0 N–H and O–H groups in total. The summed E-state index contributed by atoms with van der Waals surface area (Å²) in [5, 5.41) is 4.12. The summed E-state index contributed by atoms with van der Waals surface area (Å²) in [5.74, 6) is 0.417. The maximum Gasteiger partial charge on any atom is 0.224 e. The first-order valence-corrected chi connectivity index (χ1v) is 12.0. The Labute approximate surface area is 181 Å². The first kappa shape index (κ1) is 21.1. The second-order valence-electron chi connectivity index (χ2n) is 7.60. The van der Waals surface area contributed by atoms with Crippen molar-refractivity contribution in [3.8, 4) is 11.5 Å². The van der Waals surface area contributed by atoms with E-state index in [2.05, 4.69) is 20.1 Å². The quantitative estimate of drug-likeness (QED) is 0.576. The van der Waals surface area contributed by atoms with E-state index in [4.69, 9.17) is 0 Å². The smallest absolute Gasteiger partial charge is 0.224 e. The highest BCUT2D eigenvalue weighted by Crippen LogP contribution is 2.32. The summed E-state index contributed by atoms with van der Waals surface area (Å²) in [6.07, 6.45) is 9.40. The van der Waals surface area contributed by atoms with Crippen LogP contribution in [0.3, 0.4) is 0 Å². The van der Waals surface area contributed by atoms with Crippen molar-refractivity contribution in [2.45, 2.75) is 36.6 Å². The van der Waals surface area contributed by atoms with Crippen LogP contribution in [0.4, 0.5) is 0 Å². The Balaban J connectivity index is 1.49. The number of aryl methyl sites for hydroxylation is 1. The third kappa shape index (κ3) is 4.96. The summed E-state index contributed by atoms with van der Waals surface area (Å²) in [4.78, 5) is 27.7. The van der Waals surface area contributed by atoms with Crippen LogP contribution in [0.2, 0.25) is 0 Å². The van der Waals surface area contributed by atoms with Crippen molar-refractivity contribution in [3.63, 3.8) is 0 Å². The molecule has 1 saturated heterocycles.